The molecule has 0 saturated carbocycles. The van der Waals surface area contributed by atoms with E-state index in [9.17, 15) is 0 Å². The van der Waals surface area contributed by atoms with Crippen LogP contribution in [-0.2, 0) is 9.47 Å². The molecule has 0 radical (unpaired) electrons. The number of unbranched alkanes of at least 4 members (excludes halogenated alkanes) is 3. The Kier molecular flexibility index (Phi) is 7.87. The number of rotatable bonds is 8. The summed E-state index contributed by atoms with van der Waals surface area (Å²) in [6, 6.07) is 0. The minimum Gasteiger partial charge on any atom is -0.353 e. The maximum absolute atomic E-state index is 5.78. The second kappa shape index (κ2) is 9.00. The quantitative estimate of drug-likeness (QED) is 0.581. The normalized spacial score (nSPS) is 23.2. The SMILES string of the molecule is CCCCCC[C@@H](C)COC1CCCCO1. The zero-order valence-corrected chi connectivity index (χ0v) is 11.0. The van der Waals surface area contributed by atoms with Gasteiger partial charge in [0.2, 0.25) is 0 Å². The van der Waals surface area contributed by atoms with Gasteiger partial charge in [0.15, 0.2) is 6.29 Å². The molecule has 0 aromatic heterocycles. The Morgan fingerprint density at radius 2 is 2.12 bits per heavy atom. The first-order valence-electron chi connectivity index (χ1n) is 7.06. The molecule has 1 heterocycles. The Balaban J connectivity index is 1.94. The molecule has 1 rings (SSSR count). The lowest BCUT2D eigenvalue weighted by molar-refractivity contribution is -0.168. The van der Waals surface area contributed by atoms with Crippen LogP contribution in [0.15, 0.2) is 0 Å². The van der Waals surface area contributed by atoms with Gasteiger partial charge in [0.05, 0.1) is 6.61 Å². The van der Waals surface area contributed by atoms with Crippen LogP contribution < -0.4 is 0 Å². The fraction of sp³-hybridized carbons (Fsp3) is 1.00. The van der Waals surface area contributed by atoms with Crippen molar-refractivity contribution in [3.63, 3.8) is 0 Å². The van der Waals surface area contributed by atoms with Crippen LogP contribution in [0.25, 0.3) is 0 Å². The molecule has 1 aliphatic rings. The molecule has 0 bridgehead atoms. The fourth-order valence-corrected chi connectivity index (χ4v) is 2.12. The molecule has 0 N–H and O–H groups in total. The van der Waals surface area contributed by atoms with Crippen molar-refractivity contribution in [3.8, 4) is 0 Å². The van der Waals surface area contributed by atoms with Gasteiger partial charge in [-0.25, -0.2) is 0 Å². The van der Waals surface area contributed by atoms with E-state index in [0.717, 1.165) is 19.6 Å². The summed E-state index contributed by atoms with van der Waals surface area (Å²) in [4.78, 5) is 0. The van der Waals surface area contributed by atoms with Crippen LogP contribution in [0.4, 0.5) is 0 Å². The summed E-state index contributed by atoms with van der Waals surface area (Å²) in [5.74, 6) is 0.683. The van der Waals surface area contributed by atoms with Crippen LogP contribution in [0, 0.1) is 5.92 Å². The third-order valence-electron chi connectivity index (χ3n) is 3.26. The monoisotopic (exact) mass is 228 g/mol. The molecule has 1 unspecified atom stereocenters. The molecule has 1 fully saturated rings. The average Bonchev–Trinajstić information content (AvgIpc) is 2.33. The highest BCUT2D eigenvalue weighted by atomic mass is 16.7. The van der Waals surface area contributed by atoms with Gasteiger partial charge in [0, 0.05) is 6.61 Å². The van der Waals surface area contributed by atoms with E-state index in [1.807, 2.05) is 0 Å². The molecule has 2 atom stereocenters. The van der Waals surface area contributed by atoms with Crippen molar-refractivity contribution in [2.45, 2.75) is 71.5 Å². The first-order valence-corrected chi connectivity index (χ1v) is 7.06. The van der Waals surface area contributed by atoms with Crippen molar-refractivity contribution in [2.24, 2.45) is 5.92 Å². The van der Waals surface area contributed by atoms with Gasteiger partial charge in [-0.05, 0) is 31.6 Å². The van der Waals surface area contributed by atoms with Crippen LogP contribution in [0.1, 0.15) is 65.2 Å². The number of ether oxygens (including phenoxy) is 2. The topological polar surface area (TPSA) is 18.5 Å². The van der Waals surface area contributed by atoms with Crippen LogP contribution in [0.2, 0.25) is 0 Å². The van der Waals surface area contributed by atoms with Gasteiger partial charge in [-0.1, -0.05) is 39.5 Å². The molecule has 96 valence electrons. The zero-order chi connectivity index (χ0) is 11.6. The van der Waals surface area contributed by atoms with Gasteiger partial charge < -0.3 is 9.47 Å². The van der Waals surface area contributed by atoms with E-state index in [2.05, 4.69) is 13.8 Å². The maximum atomic E-state index is 5.78. The van der Waals surface area contributed by atoms with Gasteiger partial charge in [-0.3, -0.25) is 0 Å². The van der Waals surface area contributed by atoms with Gasteiger partial charge in [0.25, 0.3) is 0 Å². The number of hydrogen-bond donors (Lipinski definition) is 0. The van der Waals surface area contributed by atoms with E-state index in [1.54, 1.807) is 0 Å². The third kappa shape index (κ3) is 6.49. The molecule has 16 heavy (non-hydrogen) atoms. The third-order valence-corrected chi connectivity index (χ3v) is 3.26. The lowest BCUT2D eigenvalue weighted by Gasteiger charge is -2.24. The highest BCUT2D eigenvalue weighted by Crippen LogP contribution is 2.16. The van der Waals surface area contributed by atoms with E-state index >= 15 is 0 Å². The van der Waals surface area contributed by atoms with E-state index in [4.69, 9.17) is 9.47 Å². The number of hydrogen-bond acceptors (Lipinski definition) is 2. The van der Waals surface area contributed by atoms with Gasteiger partial charge in [0.1, 0.15) is 0 Å². The molecule has 0 aliphatic carbocycles. The minimum atomic E-state index is 0.0897. The lowest BCUT2D eigenvalue weighted by atomic mass is 10.0. The highest BCUT2D eigenvalue weighted by Gasteiger charge is 2.14. The summed E-state index contributed by atoms with van der Waals surface area (Å²) in [6.45, 7) is 6.30. The van der Waals surface area contributed by atoms with E-state index < -0.39 is 0 Å². The van der Waals surface area contributed by atoms with Crippen LogP contribution >= 0.6 is 0 Å². The molecule has 0 spiro atoms. The van der Waals surface area contributed by atoms with Gasteiger partial charge >= 0.3 is 0 Å². The Bertz CT molecular complexity index is 153. The minimum absolute atomic E-state index is 0.0897. The standard InChI is InChI=1S/C14H28O2/c1-3-4-5-6-9-13(2)12-16-14-10-7-8-11-15-14/h13-14H,3-12H2,1-2H3/t13-,14?/m1/s1. The Morgan fingerprint density at radius 1 is 1.25 bits per heavy atom. The van der Waals surface area contributed by atoms with Crippen molar-refractivity contribution in [3.05, 3.63) is 0 Å². The predicted octanol–water partition coefficient (Wildman–Crippen LogP) is 4.14. The average molecular weight is 228 g/mol. The molecular formula is C14H28O2. The summed E-state index contributed by atoms with van der Waals surface area (Å²) in [6.07, 6.45) is 10.4. The summed E-state index contributed by atoms with van der Waals surface area (Å²) in [5, 5.41) is 0. The first-order chi connectivity index (χ1) is 7.83. The maximum Gasteiger partial charge on any atom is 0.157 e. The van der Waals surface area contributed by atoms with E-state index in [1.165, 1.54) is 44.9 Å². The largest absolute Gasteiger partial charge is 0.353 e. The smallest absolute Gasteiger partial charge is 0.157 e. The lowest BCUT2D eigenvalue weighted by Crippen LogP contribution is -2.24. The highest BCUT2D eigenvalue weighted by molar-refractivity contribution is 4.57. The Morgan fingerprint density at radius 3 is 2.81 bits per heavy atom. The van der Waals surface area contributed by atoms with Crippen LogP contribution in [-0.4, -0.2) is 19.5 Å². The van der Waals surface area contributed by atoms with E-state index in [-0.39, 0.29) is 6.29 Å². The van der Waals surface area contributed by atoms with Crippen molar-refractivity contribution in [1.29, 1.82) is 0 Å². The zero-order valence-electron chi connectivity index (χ0n) is 11.0. The molecular weight excluding hydrogens is 200 g/mol. The fourth-order valence-electron chi connectivity index (χ4n) is 2.12. The first kappa shape index (κ1) is 14.0. The van der Waals surface area contributed by atoms with Gasteiger partial charge in [-0.15, -0.1) is 0 Å². The summed E-state index contributed by atoms with van der Waals surface area (Å²) >= 11 is 0. The van der Waals surface area contributed by atoms with Crippen LogP contribution in [0.3, 0.4) is 0 Å². The summed E-state index contributed by atoms with van der Waals surface area (Å²) in [7, 11) is 0. The van der Waals surface area contributed by atoms with Gasteiger partial charge in [-0.2, -0.15) is 0 Å². The van der Waals surface area contributed by atoms with Crippen molar-refractivity contribution >= 4 is 0 Å². The molecule has 0 aromatic carbocycles. The van der Waals surface area contributed by atoms with E-state index in [0.29, 0.717) is 5.92 Å². The molecule has 1 saturated heterocycles. The summed E-state index contributed by atoms with van der Waals surface area (Å²) in [5.41, 5.74) is 0. The second-order valence-electron chi connectivity index (χ2n) is 5.08. The Hall–Kier alpha value is -0.0800. The molecule has 0 aromatic rings. The predicted molar refractivity (Wildman–Crippen MR) is 67.5 cm³/mol. The van der Waals surface area contributed by atoms with Crippen molar-refractivity contribution < 1.29 is 9.47 Å². The summed E-state index contributed by atoms with van der Waals surface area (Å²) < 4.78 is 11.3. The molecule has 2 heteroatoms. The molecule has 1 aliphatic heterocycles. The van der Waals surface area contributed by atoms with Crippen LogP contribution in [0.5, 0.6) is 0 Å². The van der Waals surface area contributed by atoms with Crippen molar-refractivity contribution in [2.75, 3.05) is 13.2 Å². The Labute approximate surface area is 101 Å². The van der Waals surface area contributed by atoms with Crippen molar-refractivity contribution in [1.82, 2.24) is 0 Å². The molecule has 2 nitrogen and oxygen atoms in total. The second-order valence-corrected chi connectivity index (χ2v) is 5.08. The molecule has 0 amide bonds.